The van der Waals surface area contributed by atoms with Gasteiger partial charge in [0.05, 0.1) is 7.11 Å². The first-order valence-electron chi connectivity index (χ1n) is 6.26. The van der Waals surface area contributed by atoms with E-state index in [2.05, 4.69) is 25.7 Å². The lowest BCUT2D eigenvalue weighted by molar-refractivity contribution is 0.254. The summed E-state index contributed by atoms with van der Waals surface area (Å²) in [5.41, 5.74) is 1.18. The first-order chi connectivity index (χ1) is 8.56. The summed E-state index contributed by atoms with van der Waals surface area (Å²) in [5, 5.41) is 3.38. The van der Waals surface area contributed by atoms with Gasteiger partial charge in [-0.15, -0.1) is 0 Å². The second kappa shape index (κ2) is 7.07. The first kappa shape index (κ1) is 14.6. The summed E-state index contributed by atoms with van der Waals surface area (Å²) in [7, 11) is 1.65. The molecule has 18 heavy (non-hydrogen) atoms. The summed E-state index contributed by atoms with van der Waals surface area (Å²) in [4.78, 5) is 0. The summed E-state index contributed by atoms with van der Waals surface area (Å²) < 4.78 is 11.1. The molecular weight excluding hydrogens is 226 g/mol. The predicted molar refractivity (Wildman–Crippen MR) is 75.3 cm³/mol. The molecule has 0 fully saturated rings. The average Bonchev–Trinajstić information content (AvgIpc) is 2.36. The Kier molecular flexibility index (Phi) is 5.72. The third kappa shape index (κ3) is 4.41. The van der Waals surface area contributed by atoms with Crippen LogP contribution < -0.4 is 14.8 Å². The highest BCUT2D eigenvalue weighted by Crippen LogP contribution is 2.29. The van der Waals surface area contributed by atoms with Gasteiger partial charge in [-0.05, 0) is 24.6 Å². The van der Waals surface area contributed by atoms with E-state index < -0.39 is 0 Å². The lowest BCUT2D eigenvalue weighted by Gasteiger charge is -2.16. The standard InChI is InChI=1S/C15H23NO2/c1-6-12(4)18-15-9-13(10-16-11(2)3)7-8-14(15)17-5/h6-9,11-12,16H,1,10H2,2-5H3. The van der Waals surface area contributed by atoms with E-state index in [9.17, 15) is 0 Å². The molecule has 0 radical (unpaired) electrons. The van der Waals surface area contributed by atoms with Crippen molar-refractivity contribution in [1.29, 1.82) is 0 Å². The van der Waals surface area contributed by atoms with Crippen molar-refractivity contribution in [3.63, 3.8) is 0 Å². The highest BCUT2D eigenvalue weighted by molar-refractivity contribution is 5.43. The SMILES string of the molecule is C=CC(C)Oc1cc(CNC(C)C)ccc1OC. The maximum Gasteiger partial charge on any atom is 0.162 e. The van der Waals surface area contributed by atoms with Crippen LogP contribution in [0.5, 0.6) is 11.5 Å². The Hall–Kier alpha value is -1.48. The molecular formula is C15H23NO2. The number of ether oxygens (including phenoxy) is 2. The molecule has 3 nitrogen and oxygen atoms in total. The number of benzene rings is 1. The molecule has 1 N–H and O–H groups in total. The van der Waals surface area contributed by atoms with Crippen LogP contribution in [0.15, 0.2) is 30.9 Å². The van der Waals surface area contributed by atoms with Gasteiger partial charge in [-0.25, -0.2) is 0 Å². The minimum atomic E-state index is -0.0350. The molecule has 0 aliphatic heterocycles. The molecule has 1 rings (SSSR count). The Morgan fingerprint density at radius 3 is 2.56 bits per heavy atom. The van der Waals surface area contributed by atoms with E-state index in [0.29, 0.717) is 6.04 Å². The van der Waals surface area contributed by atoms with Crippen LogP contribution in [0, 0.1) is 0 Å². The van der Waals surface area contributed by atoms with Crippen molar-refractivity contribution in [2.24, 2.45) is 0 Å². The van der Waals surface area contributed by atoms with Gasteiger partial charge in [0, 0.05) is 12.6 Å². The first-order valence-corrected chi connectivity index (χ1v) is 6.26. The van der Waals surface area contributed by atoms with Gasteiger partial charge in [0.25, 0.3) is 0 Å². The lowest BCUT2D eigenvalue weighted by Crippen LogP contribution is -2.21. The van der Waals surface area contributed by atoms with Crippen molar-refractivity contribution in [2.45, 2.75) is 39.5 Å². The molecule has 1 unspecified atom stereocenters. The van der Waals surface area contributed by atoms with Gasteiger partial charge >= 0.3 is 0 Å². The van der Waals surface area contributed by atoms with Crippen LogP contribution >= 0.6 is 0 Å². The summed E-state index contributed by atoms with van der Waals surface area (Å²) in [6, 6.07) is 6.44. The van der Waals surface area contributed by atoms with Gasteiger partial charge in [-0.1, -0.05) is 32.6 Å². The van der Waals surface area contributed by atoms with Crippen LogP contribution in [-0.2, 0) is 6.54 Å². The Balaban J connectivity index is 2.83. The monoisotopic (exact) mass is 249 g/mol. The highest BCUT2D eigenvalue weighted by Gasteiger charge is 2.08. The van der Waals surface area contributed by atoms with Crippen molar-refractivity contribution in [3.05, 3.63) is 36.4 Å². The average molecular weight is 249 g/mol. The fourth-order valence-corrected chi connectivity index (χ4v) is 1.49. The van der Waals surface area contributed by atoms with Crippen molar-refractivity contribution in [1.82, 2.24) is 5.32 Å². The van der Waals surface area contributed by atoms with Crippen LogP contribution in [0.3, 0.4) is 0 Å². The summed E-state index contributed by atoms with van der Waals surface area (Å²) >= 11 is 0. The van der Waals surface area contributed by atoms with Gasteiger partial charge in [0.15, 0.2) is 11.5 Å². The van der Waals surface area contributed by atoms with Crippen LogP contribution in [0.25, 0.3) is 0 Å². The van der Waals surface area contributed by atoms with E-state index in [0.717, 1.165) is 18.0 Å². The fraction of sp³-hybridized carbons (Fsp3) is 0.467. The number of nitrogens with one attached hydrogen (secondary N) is 1. The topological polar surface area (TPSA) is 30.5 Å². The molecule has 100 valence electrons. The molecule has 0 spiro atoms. The number of hydrogen-bond donors (Lipinski definition) is 1. The van der Waals surface area contributed by atoms with E-state index in [1.807, 2.05) is 25.1 Å². The molecule has 1 aromatic rings. The molecule has 0 aliphatic rings. The van der Waals surface area contributed by atoms with Crippen molar-refractivity contribution in [2.75, 3.05) is 7.11 Å². The molecule has 3 heteroatoms. The Morgan fingerprint density at radius 1 is 1.28 bits per heavy atom. The summed E-state index contributed by atoms with van der Waals surface area (Å²) in [6.45, 7) is 10.7. The molecule has 0 aromatic heterocycles. The van der Waals surface area contributed by atoms with E-state index in [4.69, 9.17) is 9.47 Å². The fourth-order valence-electron chi connectivity index (χ4n) is 1.49. The van der Waals surface area contributed by atoms with Crippen LogP contribution in [-0.4, -0.2) is 19.3 Å². The maximum absolute atomic E-state index is 5.76. The van der Waals surface area contributed by atoms with Crippen molar-refractivity contribution >= 4 is 0 Å². The number of methoxy groups -OCH3 is 1. The molecule has 0 heterocycles. The second-order valence-corrected chi connectivity index (χ2v) is 4.58. The van der Waals surface area contributed by atoms with E-state index in [-0.39, 0.29) is 6.10 Å². The third-order valence-corrected chi connectivity index (χ3v) is 2.59. The van der Waals surface area contributed by atoms with Gasteiger partial charge < -0.3 is 14.8 Å². The van der Waals surface area contributed by atoms with E-state index in [1.54, 1.807) is 13.2 Å². The van der Waals surface area contributed by atoms with Crippen LogP contribution in [0.1, 0.15) is 26.3 Å². The smallest absolute Gasteiger partial charge is 0.162 e. The van der Waals surface area contributed by atoms with Gasteiger partial charge in [0.2, 0.25) is 0 Å². The molecule has 1 aromatic carbocycles. The zero-order chi connectivity index (χ0) is 13.5. The largest absolute Gasteiger partial charge is 0.493 e. The zero-order valence-electron chi connectivity index (χ0n) is 11.7. The minimum Gasteiger partial charge on any atom is -0.493 e. The van der Waals surface area contributed by atoms with Crippen molar-refractivity contribution in [3.8, 4) is 11.5 Å². The normalized spacial score (nSPS) is 12.3. The Labute approximate surface area is 110 Å². The minimum absolute atomic E-state index is 0.0350. The maximum atomic E-state index is 5.76. The van der Waals surface area contributed by atoms with Gasteiger partial charge in [-0.3, -0.25) is 0 Å². The quantitative estimate of drug-likeness (QED) is 0.753. The third-order valence-electron chi connectivity index (χ3n) is 2.59. The number of hydrogen-bond acceptors (Lipinski definition) is 3. The van der Waals surface area contributed by atoms with Gasteiger partial charge in [0.1, 0.15) is 6.10 Å². The van der Waals surface area contributed by atoms with Gasteiger partial charge in [-0.2, -0.15) is 0 Å². The molecule has 0 amide bonds. The highest BCUT2D eigenvalue weighted by atomic mass is 16.5. The summed E-state index contributed by atoms with van der Waals surface area (Å²) in [6.07, 6.45) is 1.73. The van der Waals surface area contributed by atoms with Crippen LogP contribution in [0.4, 0.5) is 0 Å². The van der Waals surface area contributed by atoms with E-state index >= 15 is 0 Å². The Bertz CT molecular complexity index is 388. The van der Waals surface area contributed by atoms with Crippen LogP contribution in [0.2, 0.25) is 0 Å². The predicted octanol–water partition coefficient (Wildman–Crippen LogP) is 3.15. The molecule has 0 aliphatic carbocycles. The summed E-state index contributed by atoms with van der Waals surface area (Å²) in [5.74, 6) is 1.50. The molecule has 0 saturated carbocycles. The number of rotatable bonds is 7. The van der Waals surface area contributed by atoms with Crippen molar-refractivity contribution < 1.29 is 9.47 Å². The second-order valence-electron chi connectivity index (χ2n) is 4.58. The lowest BCUT2D eigenvalue weighted by atomic mass is 10.2. The molecule has 0 saturated heterocycles. The molecule has 0 bridgehead atoms. The van der Waals surface area contributed by atoms with E-state index in [1.165, 1.54) is 5.56 Å². The zero-order valence-corrected chi connectivity index (χ0v) is 11.7. The Morgan fingerprint density at radius 2 is 2.00 bits per heavy atom. The molecule has 1 atom stereocenters.